The summed E-state index contributed by atoms with van der Waals surface area (Å²) < 4.78 is 5.51. The summed E-state index contributed by atoms with van der Waals surface area (Å²) in [4.78, 5) is 12.2. The molecular formula is C21H26O2. The molecular weight excluding hydrogens is 284 g/mol. The maximum atomic E-state index is 12.2. The minimum Gasteiger partial charge on any atom is -0.423 e. The molecule has 2 aromatic rings. The highest BCUT2D eigenvalue weighted by atomic mass is 16.5. The number of ether oxygens (including phenoxy) is 1. The van der Waals surface area contributed by atoms with Crippen LogP contribution in [0.25, 0.3) is 0 Å². The summed E-state index contributed by atoms with van der Waals surface area (Å²) >= 11 is 0. The van der Waals surface area contributed by atoms with Gasteiger partial charge in [-0.05, 0) is 54.7 Å². The van der Waals surface area contributed by atoms with E-state index >= 15 is 0 Å². The summed E-state index contributed by atoms with van der Waals surface area (Å²) in [5.74, 6) is 0.334. The first-order valence-electron chi connectivity index (χ1n) is 8.63. The van der Waals surface area contributed by atoms with Crippen LogP contribution in [0.1, 0.15) is 61.0 Å². The average molecular weight is 310 g/mol. The lowest BCUT2D eigenvalue weighted by atomic mass is 10.1. The van der Waals surface area contributed by atoms with Gasteiger partial charge in [-0.1, -0.05) is 57.4 Å². The summed E-state index contributed by atoms with van der Waals surface area (Å²) in [6.45, 7) is 4.35. The van der Waals surface area contributed by atoms with Crippen molar-refractivity contribution < 1.29 is 9.53 Å². The first-order chi connectivity index (χ1) is 11.2. The van der Waals surface area contributed by atoms with Gasteiger partial charge in [-0.25, -0.2) is 4.79 Å². The Balaban J connectivity index is 1.97. The molecule has 0 fully saturated rings. The third-order valence-electron chi connectivity index (χ3n) is 3.91. The number of hydrogen-bond donors (Lipinski definition) is 0. The fraction of sp³-hybridized carbons (Fsp3) is 0.381. The molecule has 0 amide bonds. The Labute approximate surface area is 139 Å². The summed E-state index contributed by atoms with van der Waals surface area (Å²) in [6.07, 6.45) is 6.79. The fourth-order valence-corrected chi connectivity index (χ4v) is 2.61. The lowest BCUT2D eigenvalue weighted by molar-refractivity contribution is 0.0734. The highest BCUT2D eigenvalue weighted by molar-refractivity contribution is 5.91. The zero-order chi connectivity index (χ0) is 16.5. The number of rotatable bonds is 8. The molecule has 0 atom stereocenters. The van der Waals surface area contributed by atoms with E-state index in [4.69, 9.17) is 4.74 Å². The molecule has 0 radical (unpaired) electrons. The van der Waals surface area contributed by atoms with Gasteiger partial charge in [0.05, 0.1) is 5.56 Å². The quantitative estimate of drug-likeness (QED) is 0.361. The van der Waals surface area contributed by atoms with Crippen molar-refractivity contribution in [3.8, 4) is 5.75 Å². The molecule has 2 rings (SSSR count). The van der Waals surface area contributed by atoms with Crippen LogP contribution < -0.4 is 4.74 Å². The van der Waals surface area contributed by atoms with Crippen molar-refractivity contribution in [2.45, 2.75) is 52.4 Å². The van der Waals surface area contributed by atoms with Crippen molar-refractivity contribution in [1.29, 1.82) is 0 Å². The lowest BCUT2D eigenvalue weighted by Gasteiger charge is -2.07. The van der Waals surface area contributed by atoms with E-state index in [0.717, 1.165) is 19.3 Å². The van der Waals surface area contributed by atoms with Crippen molar-refractivity contribution in [3.05, 3.63) is 65.2 Å². The fourth-order valence-electron chi connectivity index (χ4n) is 2.61. The molecule has 122 valence electrons. The molecule has 23 heavy (non-hydrogen) atoms. The third-order valence-corrected chi connectivity index (χ3v) is 3.91. The van der Waals surface area contributed by atoms with Gasteiger partial charge < -0.3 is 4.74 Å². The smallest absolute Gasteiger partial charge is 0.343 e. The van der Waals surface area contributed by atoms with E-state index < -0.39 is 0 Å². The maximum Gasteiger partial charge on any atom is 0.343 e. The van der Waals surface area contributed by atoms with Gasteiger partial charge in [0.2, 0.25) is 0 Å². The van der Waals surface area contributed by atoms with Crippen LogP contribution in [0.3, 0.4) is 0 Å². The SMILES string of the molecule is CCCCCc1cccc(OC(=O)c2ccc(CCC)cc2)c1. The highest BCUT2D eigenvalue weighted by Crippen LogP contribution is 2.17. The highest BCUT2D eigenvalue weighted by Gasteiger charge is 2.09. The van der Waals surface area contributed by atoms with E-state index in [1.807, 2.05) is 42.5 Å². The van der Waals surface area contributed by atoms with Crippen LogP contribution in [0, 0.1) is 0 Å². The Hall–Kier alpha value is -2.09. The first kappa shape index (κ1) is 17.3. The Morgan fingerprint density at radius 2 is 1.65 bits per heavy atom. The second-order valence-electron chi connectivity index (χ2n) is 5.94. The molecule has 0 aliphatic heterocycles. The van der Waals surface area contributed by atoms with Gasteiger partial charge in [-0.2, -0.15) is 0 Å². The van der Waals surface area contributed by atoms with Crippen molar-refractivity contribution in [1.82, 2.24) is 0 Å². The second kappa shape index (κ2) is 9.14. The van der Waals surface area contributed by atoms with Gasteiger partial charge in [0.15, 0.2) is 0 Å². The van der Waals surface area contributed by atoms with Crippen molar-refractivity contribution in [2.75, 3.05) is 0 Å². The zero-order valence-corrected chi connectivity index (χ0v) is 14.2. The number of unbranched alkanes of at least 4 members (excludes halogenated alkanes) is 2. The van der Waals surface area contributed by atoms with Gasteiger partial charge in [-0.3, -0.25) is 0 Å². The van der Waals surface area contributed by atoms with Crippen molar-refractivity contribution in [3.63, 3.8) is 0 Å². The Morgan fingerprint density at radius 1 is 0.870 bits per heavy atom. The molecule has 0 unspecified atom stereocenters. The Kier molecular flexibility index (Phi) is 6.86. The molecule has 2 aromatic carbocycles. The van der Waals surface area contributed by atoms with E-state index in [0.29, 0.717) is 11.3 Å². The number of carbonyl (C=O) groups excluding carboxylic acids is 1. The van der Waals surface area contributed by atoms with Gasteiger partial charge in [0.25, 0.3) is 0 Å². The molecule has 0 aromatic heterocycles. The third kappa shape index (κ3) is 5.55. The Bertz CT molecular complexity index is 614. The van der Waals surface area contributed by atoms with Crippen molar-refractivity contribution in [2.24, 2.45) is 0 Å². The van der Waals surface area contributed by atoms with E-state index in [2.05, 4.69) is 19.9 Å². The summed E-state index contributed by atoms with van der Waals surface area (Å²) in [6, 6.07) is 15.5. The monoisotopic (exact) mass is 310 g/mol. The number of carbonyl (C=O) groups is 1. The zero-order valence-electron chi connectivity index (χ0n) is 14.2. The van der Waals surface area contributed by atoms with E-state index in [1.165, 1.54) is 30.4 Å². The molecule has 0 spiro atoms. The minimum absolute atomic E-state index is 0.293. The van der Waals surface area contributed by atoms with Crippen LogP contribution in [0.2, 0.25) is 0 Å². The van der Waals surface area contributed by atoms with Gasteiger partial charge in [-0.15, -0.1) is 0 Å². The van der Waals surface area contributed by atoms with Gasteiger partial charge in [0, 0.05) is 0 Å². The molecule has 0 aliphatic carbocycles. The molecule has 2 heteroatoms. The number of benzene rings is 2. The normalized spacial score (nSPS) is 10.5. The molecule has 0 aliphatic rings. The molecule has 0 saturated carbocycles. The first-order valence-corrected chi connectivity index (χ1v) is 8.63. The van der Waals surface area contributed by atoms with Crippen LogP contribution >= 0.6 is 0 Å². The van der Waals surface area contributed by atoms with Gasteiger partial charge in [0.1, 0.15) is 5.75 Å². The minimum atomic E-state index is -0.293. The van der Waals surface area contributed by atoms with Crippen LogP contribution in [0.5, 0.6) is 5.75 Å². The number of aryl methyl sites for hydroxylation is 2. The standard InChI is InChI=1S/C21H26O2/c1-3-5-6-9-18-10-7-11-20(16-18)23-21(22)19-14-12-17(8-4-2)13-15-19/h7,10-16H,3-6,8-9H2,1-2H3. The topological polar surface area (TPSA) is 26.3 Å². The molecule has 2 nitrogen and oxygen atoms in total. The van der Waals surface area contributed by atoms with Crippen LogP contribution in [0.15, 0.2) is 48.5 Å². The maximum absolute atomic E-state index is 12.2. The summed E-state index contributed by atoms with van der Waals surface area (Å²) in [5.41, 5.74) is 3.07. The lowest BCUT2D eigenvalue weighted by Crippen LogP contribution is -2.08. The largest absolute Gasteiger partial charge is 0.423 e. The Morgan fingerprint density at radius 3 is 2.35 bits per heavy atom. The van der Waals surface area contributed by atoms with E-state index in [1.54, 1.807) is 0 Å². The molecule has 0 N–H and O–H groups in total. The van der Waals surface area contributed by atoms with Crippen LogP contribution in [-0.2, 0) is 12.8 Å². The van der Waals surface area contributed by atoms with E-state index in [-0.39, 0.29) is 5.97 Å². The predicted octanol–water partition coefficient (Wildman–Crippen LogP) is 5.59. The summed E-state index contributed by atoms with van der Waals surface area (Å²) in [7, 11) is 0. The molecule has 0 bridgehead atoms. The predicted molar refractivity (Wildman–Crippen MR) is 95.1 cm³/mol. The average Bonchev–Trinajstić information content (AvgIpc) is 2.56. The van der Waals surface area contributed by atoms with Gasteiger partial charge >= 0.3 is 5.97 Å². The molecule has 0 heterocycles. The summed E-state index contributed by atoms with van der Waals surface area (Å²) in [5, 5.41) is 0. The van der Waals surface area contributed by atoms with Crippen molar-refractivity contribution >= 4 is 5.97 Å². The molecule has 0 saturated heterocycles. The second-order valence-corrected chi connectivity index (χ2v) is 5.94. The van der Waals surface area contributed by atoms with Crippen LogP contribution in [-0.4, -0.2) is 5.97 Å². The van der Waals surface area contributed by atoms with Crippen LogP contribution in [0.4, 0.5) is 0 Å². The number of hydrogen-bond acceptors (Lipinski definition) is 2. The number of esters is 1. The van der Waals surface area contributed by atoms with E-state index in [9.17, 15) is 4.79 Å².